The lowest BCUT2D eigenvalue weighted by molar-refractivity contribution is -0.0329. The van der Waals surface area contributed by atoms with Gasteiger partial charge in [0.1, 0.15) is 0 Å². The van der Waals surface area contributed by atoms with Gasteiger partial charge in [-0.3, -0.25) is 4.90 Å². The zero-order chi connectivity index (χ0) is 10.7. The van der Waals surface area contributed by atoms with Gasteiger partial charge in [-0.25, -0.2) is 0 Å². The number of likely N-dealkylation sites (N-methyl/N-ethyl adjacent to an activating group) is 2. The van der Waals surface area contributed by atoms with E-state index in [9.17, 15) is 0 Å². The summed E-state index contributed by atoms with van der Waals surface area (Å²) < 4.78 is 5.78. The molecule has 0 aromatic heterocycles. The van der Waals surface area contributed by atoms with E-state index in [1.165, 1.54) is 19.5 Å². The molecule has 2 fully saturated rings. The third-order valence-corrected chi connectivity index (χ3v) is 3.48. The molecule has 0 radical (unpaired) electrons. The van der Waals surface area contributed by atoms with E-state index in [1.54, 1.807) is 0 Å². The monoisotopic (exact) mass is 213 g/mol. The predicted octanol–water partition coefficient (Wildman–Crippen LogP) is -0.389. The average Bonchev–Trinajstić information content (AvgIpc) is 2.65. The third kappa shape index (κ3) is 3.14. The van der Waals surface area contributed by atoms with Crippen molar-refractivity contribution in [2.45, 2.75) is 18.6 Å². The van der Waals surface area contributed by atoms with Gasteiger partial charge in [0, 0.05) is 32.2 Å². The fourth-order valence-corrected chi connectivity index (χ4v) is 2.50. The first-order valence-corrected chi connectivity index (χ1v) is 5.97. The van der Waals surface area contributed by atoms with Crippen LogP contribution in [-0.4, -0.2) is 75.4 Å². The van der Waals surface area contributed by atoms with Crippen molar-refractivity contribution in [1.29, 1.82) is 0 Å². The summed E-state index contributed by atoms with van der Waals surface area (Å²) in [7, 11) is 4.23. The maximum atomic E-state index is 5.78. The van der Waals surface area contributed by atoms with Crippen molar-refractivity contribution < 1.29 is 4.74 Å². The van der Waals surface area contributed by atoms with Crippen LogP contribution in [0.3, 0.4) is 0 Å². The van der Waals surface area contributed by atoms with Crippen LogP contribution >= 0.6 is 0 Å². The summed E-state index contributed by atoms with van der Waals surface area (Å²) in [4.78, 5) is 4.88. The van der Waals surface area contributed by atoms with Gasteiger partial charge in [-0.1, -0.05) is 0 Å². The summed E-state index contributed by atoms with van der Waals surface area (Å²) in [6.07, 6.45) is 1.69. The Bertz CT molecular complexity index is 200. The Morgan fingerprint density at radius 3 is 2.87 bits per heavy atom. The molecule has 0 bridgehead atoms. The number of ether oxygens (including phenoxy) is 1. The molecule has 2 rings (SSSR count). The minimum Gasteiger partial charge on any atom is -0.374 e. The van der Waals surface area contributed by atoms with Crippen LogP contribution in [0, 0.1) is 0 Å². The number of rotatable bonds is 3. The molecule has 4 heteroatoms. The highest BCUT2D eigenvalue weighted by molar-refractivity contribution is 4.82. The van der Waals surface area contributed by atoms with Crippen molar-refractivity contribution in [2.75, 3.05) is 53.4 Å². The number of morpholine rings is 1. The number of nitrogens with one attached hydrogen (secondary N) is 1. The summed E-state index contributed by atoms with van der Waals surface area (Å²) in [6, 6.07) is 0.686. The molecule has 0 aromatic rings. The van der Waals surface area contributed by atoms with E-state index in [1.807, 2.05) is 0 Å². The largest absolute Gasteiger partial charge is 0.374 e. The quantitative estimate of drug-likeness (QED) is 0.691. The highest BCUT2D eigenvalue weighted by atomic mass is 16.5. The van der Waals surface area contributed by atoms with E-state index in [4.69, 9.17) is 4.74 Å². The fraction of sp³-hybridized carbons (Fsp3) is 1.00. The lowest BCUT2D eigenvalue weighted by Gasteiger charge is -2.32. The molecule has 4 nitrogen and oxygen atoms in total. The van der Waals surface area contributed by atoms with Crippen LogP contribution in [0.1, 0.15) is 6.42 Å². The zero-order valence-corrected chi connectivity index (χ0v) is 9.91. The van der Waals surface area contributed by atoms with Gasteiger partial charge in [-0.2, -0.15) is 0 Å². The SMILES string of the molecule is CNC1CCN(CC2CN(C)CCO2)C1. The molecular formula is C11H23N3O. The molecule has 15 heavy (non-hydrogen) atoms. The van der Waals surface area contributed by atoms with Gasteiger partial charge in [0.05, 0.1) is 12.7 Å². The van der Waals surface area contributed by atoms with E-state index in [0.29, 0.717) is 12.1 Å². The maximum Gasteiger partial charge on any atom is 0.0829 e. The molecule has 0 saturated carbocycles. The number of likely N-dealkylation sites (tertiary alicyclic amines) is 1. The Balaban J connectivity index is 1.72. The molecule has 88 valence electrons. The number of hydrogen-bond acceptors (Lipinski definition) is 4. The summed E-state index contributed by atoms with van der Waals surface area (Å²) in [5.74, 6) is 0. The lowest BCUT2D eigenvalue weighted by atomic mass is 10.2. The van der Waals surface area contributed by atoms with Crippen molar-refractivity contribution in [3.05, 3.63) is 0 Å². The highest BCUT2D eigenvalue weighted by Crippen LogP contribution is 2.12. The van der Waals surface area contributed by atoms with E-state index >= 15 is 0 Å². The number of hydrogen-bond donors (Lipinski definition) is 1. The second-order valence-corrected chi connectivity index (χ2v) is 4.79. The molecule has 0 aliphatic carbocycles. The predicted molar refractivity (Wildman–Crippen MR) is 61.1 cm³/mol. The maximum absolute atomic E-state index is 5.78. The summed E-state index contributed by atoms with van der Waals surface area (Å²) >= 11 is 0. The van der Waals surface area contributed by atoms with Crippen LogP contribution in [0.25, 0.3) is 0 Å². The summed E-state index contributed by atoms with van der Waals surface area (Å²) in [6.45, 7) is 6.55. The minimum atomic E-state index is 0.416. The van der Waals surface area contributed by atoms with Gasteiger partial charge >= 0.3 is 0 Å². The van der Waals surface area contributed by atoms with Crippen LogP contribution < -0.4 is 5.32 Å². The van der Waals surface area contributed by atoms with Crippen molar-refractivity contribution in [2.24, 2.45) is 0 Å². The van der Waals surface area contributed by atoms with Crippen molar-refractivity contribution >= 4 is 0 Å². The van der Waals surface area contributed by atoms with Crippen LogP contribution in [0.15, 0.2) is 0 Å². The topological polar surface area (TPSA) is 27.7 Å². The van der Waals surface area contributed by atoms with E-state index in [-0.39, 0.29) is 0 Å². The van der Waals surface area contributed by atoms with Crippen molar-refractivity contribution in [1.82, 2.24) is 15.1 Å². The molecule has 2 unspecified atom stereocenters. The molecule has 2 atom stereocenters. The van der Waals surface area contributed by atoms with Crippen molar-refractivity contribution in [3.63, 3.8) is 0 Å². The zero-order valence-electron chi connectivity index (χ0n) is 9.91. The molecular weight excluding hydrogens is 190 g/mol. The molecule has 2 aliphatic rings. The molecule has 0 amide bonds. The van der Waals surface area contributed by atoms with Gasteiger partial charge in [-0.05, 0) is 27.1 Å². The Morgan fingerprint density at radius 2 is 2.20 bits per heavy atom. The lowest BCUT2D eigenvalue weighted by Crippen LogP contribution is -2.46. The summed E-state index contributed by atoms with van der Waals surface area (Å²) in [5.41, 5.74) is 0. The highest BCUT2D eigenvalue weighted by Gasteiger charge is 2.25. The van der Waals surface area contributed by atoms with E-state index in [0.717, 1.165) is 26.2 Å². The van der Waals surface area contributed by atoms with Gasteiger partial charge < -0.3 is 15.0 Å². The molecule has 0 aromatic carbocycles. The van der Waals surface area contributed by atoms with Gasteiger partial charge in [0.15, 0.2) is 0 Å². The first-order valence-electron chi connectivity index (χ1n) is 5.97. The molecule has 2 heterocycles. The fourth-order valence-electron chi connectivity index (χ4n) is 2.50. The second-order valence-electron chi connectivity index (χ2n) is 4.79. The van der Waals surface area contributed by atoms with Crippen LogP contribution in [0.5, 0.6) is 0 Å². The van der Waals surface area contributed by atoms with Gasteiger partial charge in [-0.15, -0.1) is 0 Å². The Morgan fingerprint density at radius 1 is 1.33 bits per heavy atom. The molecule has 0 spiro atoms. The Kier molecular flexibility index (Phi) is 3.97. The first kappa shape index (κ1) is 11.3. The van der Waals surface area contributed by atoms with Crippen LogP contribution in [0.2, 0.25) is 0 Å². The molecule has 2 saturated heterocycles. The van der Waals surface area contributed by atoms with Crippen molar-refractivity contribution in [3.8, 4) is 0 Å². The minimum absolute atomic E-state index is 0.416. The Labute approximate surface area is 92.6 Å². The number of nitrogens with zero attached hydrogens (tertiary/aromatic N) is 2. The smallest absolute Gasteiger partial charge is 0.0829 e. The van der Waals surface area contributed by atoms with E-state index in [2.05, 4.69) is 29.2 Å². The van der Waals surface area contributed by atoms with Gasteiger partial charge in [0.2, 0.25) is 0 Å². The molecule has 2 aliphatic heterocycles. The van der Waals surface area contributed by atoms with Crippen LogP contribution in [0.4, 0.5) is 0 Å². The first-order chi connectivity index (χ1) is 7.28. The normalized spacial score (nSPS) is 34.8. The standard InChI is InChI=1S/C11H23N3O/c1-12-10-3-4-14(7-10)9-11-8-13(2)5-6-15-11/h10-12H,3-9H2,1-2H3. The average molecular weight is 213 g/mol. The second kappa shape index (κ2) is 5.25. The van der Waals surface area contributed by atoms with Gasteiger partial charge in [0.25, 0.3) is 0 Å². The Hall–Kier alpha value is -0.160. The van der Waals surface area contributed by atoms with Crippen LogP contribution in [-0.2, 0) is 4.74 Å². The third-order valence-electron chi connectivity index (χ3n) is 3.48. The molecule has 1 N–H and O–H groups in total. The summed E-state index contributed by atoms with van der Waals surface area (Å²) in [5, 5.41) is 3.35. The van der Waals surface area contributed by atoms with E-state index < -0.39 is 0 Å².